The van der Waals surface area contributed by atoms with Gasteiger partial charge in [-0.2, -0.15) is 13.2 Å². The average Bonchev–Trinajstić information content (AvgIpc) is 3.15. The number of furan rings is 1. The van der Waals surface area contributed by atoms with Crippen LogP contribution in [0, 0.1) is 5.82 Å². The van der Waals surface area contributed by atoms with Crippen molar-refractivity contribution < 1.29 is 35.2 Å². The summed E-state index contributed by atoms with van der Waals surface area (Å²) in [6, 6.07) is 12.6. The Hall–Kier alpha value is -3.86. The van der Waals surface area contributed by atoms with Crippen molar-refractivity contribution in [2.45, 2.75) is 12.6 Å². The van der Waals surface area contributed by atoms with Crippen molar-refractivity contribution >= 4 is 32.6 Å². The van der Waals surface area contributed by atoms with Crippen LogP contribution in [-0.4, -0.2) is 27.6 Å². The van der Waals surface area contributed by atoms with E-state index in [1.54, 1.807) is 0 Å². The molecule has 0 spiro atoms. The molecular formula is C25H20F4N2O4S. The molecule has 0 atom stereocenters. The molecule has 36 heavy (non-hydrogen) atoms. The number of hydrogen-bond donors (Lipinski definition) is 1. The van der Waals surface area contributed by atoms with Gasteiger partial charge in [-0.25, -0.2) is 12.8 Å². The Labute approximate surface area is 204 Å². The fourth-order valence-electron chi connectivity index (χ4n) is 3.87. The third kappa shape index (κ3) is 4.92. The van der Waals surface area contributed by atoms with Gasteiger partial charge in [-0.1, -0.05) is 24.3 Å². The first-order valence-corrected chi connectivity index (χ1v) is 12.4. The van der Waals surface area contributed by atoms with E-state index in [0.29, 0.717) is 5.56 Å². The predicted molar refractivity (Wildman–Crippen MR) is 128 cm³/mol. The van der Waals surface area contributed by atoms with Gasteiger partial charge in [0, 0.05) is 30.5 Å². The number of carbonyl (C=O) groups excluding carboxylic acids is 1. The third-order valence-electron chi connectivity index (χ3n) is 5.76. The minimum Gasteiger partial charge on any atom is -0.460 e. The SMILES string of the molecule is CN(c1cc2oc(Cc3ccc(F)cc3)c(C(N)=O)c2cc1-c1ccc(C(F)(F)F)cc1)S(C)(=O)=O. The molecule has 3 aromatic carbocycles. The molecule has 1 aromatic heterocycles. The van der Waals surface area contributed by atoms with Gasteiger partial charge < -0.3 is 10.2 Å². The minimum atomic E-state index is -4.55. The van der Waals surface area contributed by atoms with Crippen molar-refractivity contribution in [3.8, 4) is 11.1 Å². The van der Waals surface area contributed by atoms with E-state index in [0.717, 1.165) is 22.7 Å². The van der Waals surface area contributed by atoms with Crippen molar-refractivity contribution in [2.24, 2.45) is 5.73 Å². The lowest BCUT2D eigenvalue weighted by atomic mass is 9.98. The highest BCUT2D eigenvalue weighted by Crippen LogP contribution is 2.40. The van der Waals surface area contributed by atoms with Gasteiger partial charge in [0.2, 0.25) is 10.0 Å². The van der Waals surface area contributed by atoms with Crippen LogP contribution in [0.4, 0.5) is 23.2 Å². The highest BCUT2D eigenvalue weighted by Gasteiger charge is 2.30. The highest BCUT2D eigenvalue weighted by atomic mass is 32.2. The van der Waals surface area contributed by atoms with Gasteiger partial charge in [0.25, 0.3) is 5.91 Å². The molecule has 2 N–H and O–H groups in total. The second kappa shape index (κ2) is 8.98. The van der Waals surface area contributed by atoms with Crippen LogP contribution in [0.25, 0.3) is 22.1 Å². The van der Waals surface area contributed by atoms with Crippen LogP contribution < -0.4 is 10.0 Å². The largest absolute Gasteiger partial charge is 0.460 e. The lowest BCUT2D eigenvalue weighted by Crippen LogP contribution is -2.25. The summed E-state index contributed by atoms with van der Waals surface area (Å²) in [5.74, 6) is -1.07. The highest BCUT2D eigenvalue weighted by molar-refractivity contribution is 7.92. The van der Waals surface area contributed by atoms with E-state index in [1.165, 1.54) is 55.6 Å². The number of amides is 1. The first-order valence-electron chi connectivity index (χ1n) is 10.5. The van der Waals surface area contributed by atoms with E-state index in [9.17, 15) is 30.8 Å². The van der Waals surface area contributed by atoms with Crippen LogP contribution in [0.3, 0.4) is 0 Å². The Morgan fingerprint density at radius 3 is 2.17 bits per heavy atom. The van der Waals surface area contributed by atoms with E-state index in [2.05, 4.69) is 0 Å². The maximum absolute atomic E-state index is 13.3. The Morgan fingerprint density at radius 1 is 1.03 bits per heavy atom. The average molecular weight is 521 g/mol. The second-order valence-corrected chi connectivity index (χ2v) is 10.3. The zero-order chi connectivity index (χ0) is 26.4. The van der Waals surface area contributed by atoms with Gasteiger partial charge in [-0.3, -0.25) is 9.10 Å². The number of fused-ring (bicyclic) bond motifs is 1. The Balaban J connectivity index is 1.95. The van der Waals surface area contributed by atoms with Gasteiger partial charge >= 0.3 is 6.18 Å². The summed E-state index contributed by atoms with van der Waals surface area (Å²) < 4.78 is 84.0. The van der Waals surface area contributed by atoms with E-state index in [1.807, 2.05) is 0 Å². The molecule has 1 amide bonds. The first-order chi connectivity index (χ1) is 16.8. The number of anilines is 1. The summed E-state index contributed by atoms with van der Waals surface area (Å²) in [4.78, 5) is 12.4. The number of carbonyl (C=O) groups is 1. The van der Waals surface area contributed by atoms with Crippen molar-refractivity contribution in [1.29, 1.82) is 0 Å². The van der Waals surface area contributed by atoms with Crippen LogP contribution in [0.2, 0.25) is 0 Å². The lowest BCUT2D eigenvalue weighted by Gasteiger charge is -2.21. The van der Waals surface area contributed by atoms with Crippen LogP contribution in [0.1, 0.15) is 27.2 Å². The van der Waals surface area contributed by atoms with Crippen LogP contribution in [0.5, 0.6) is 0 Å². The molecule has 188 valence electrons. The van der Waals surface area contributed by atoms with Crippen molar-refractivity contribution in [2.75, 3.05) is 17.6 Å². The molecule has 0 unspecified atom stereocenters. The quantitative estimate of drug-likeness (QED) is 0.347. The third-order valence-corrected chi connectivity index (χ3v) is 6.96. The number of nitrogens with two attached hydrogens (primary N) is 1. The molecule has 6 nitrogen and oxygen atoms in total. The standard InChI is InChI=1S/C25H20F4N2O4S/c1-31(36(2,33)34)20-13-21-19(12-18(20)15-5-7-16(8-6-15)25(27,28)29)23(24(30)32)22(35-21)11-14-3-9-17(26)10-4-14/h3-10,12-13H,11H2,1-2H3,(H2,30,32). The van der Waals surface area contributed by atoms with E-state index < -0.39 is 33.5 Å². The molecule has 0 saturated heterocycles. The maximum Gasteiger partial charge on any atom is 0.416 e. The molecule has 0 radical (unpaired) electrons. The van der Waals surface area contributed by atoms with Crippen molar-refractivity contribution in [3.63, 3.8) is 0 Å². The summed E-state index contributed by atoms with van der Waals surface area (Å²) in [7, 11) is -2.48. The number of rotatable bonds is 6. The normalized spacial score (nSPS) is 12.2. The molecule has 11 heteroatoms. The topological polar surface area (TPSA) is 93.6 Å². The fraction of sp³-hybridized carbons (Fsp3) is 0.160. The molecule has 4 aromatic rings. The summed E-state index contributed by atoms with van der Waals surface area (Å²) in [5.41, 5.74) is 6.26. The molecule has 0 aliphatic rings. The number of primary amides is 1. The number of sulfonamides is 1. The molecule has 0 fully saturated rings. The van der Waals surface area contributed by atoms with E-state index in [-0.39, 0.29) is 45.5 Å². The smallest absolute Gasteiger partial charge is 0.416 e. The van der Waals surface area contributed by atoms with Gasteiger partial charge in [0.1, 0.15) is 17.2 Å². The molecule has 0 bridgehead atoms. The fourth-order valence-corrected chi connectivity index (χ4v) is 4.38. The summed E-state index contributed by atoms with van der Waals surface area (Å²) >= 11 is 0. The van der Waals surface area contributed by atoms with Gasteiger partial charge in [-0.05, 0) is 41.5 Å². The number of halogens is 4. The monoisotopic (exact) mass is 520 g/mol. The van der Waals surface area contributed by atoms with Crippen molar-refractivity contribution in [1.82, 2.24) is 0 Å². The number of nitrogens with zero attached hydrogens (tertiary/aromatic N) is 1. The lowest BCUT2D eigenvalue weighted by molar-refractivity contribution is -0.137. The maximum atomic E-state index is 13.3. The van der Waals surface area contributed by atoms with E-state index in [4.69, 9.17) is 10.2 Å². The van der Waals surface area contributed by atoms with Crippen molar-refractivity contribution in [3.05, 3.63) is 88.9 Å². The van der Waals surface area contributed by atoms with E-state index >= 15 is 0 Å². The van der Waals surface area contributed by atoms with Gasteiger partial charge in [0.05, 0.1) is 23.1 Å². The van der Waals surface area contributed by atoms with Crippen LogP contribution >= 0.6 is 0 Å². The first kappa shape index (κ1) is 25.2. The van der Waals surface area contributed by atoms with Crippen LogP contribution in [0.15, 0.2) is 65.1 Å². The molecule has 0 aliphatic carbocycles. The predicted octanol–water partition coefficient (Wildman–Crippen LogP) is 5.34. The number of hydrogen-bond acceptors (Lipinski definition) is 4. The summed E-state index contributed by atoms with van der Waals surface area (Å²) in [6.45, 7) is 0. The second-order valence-electron chi connectivity index (χ2n) is 8.24. The Bertz CT molecular complexity index is 1560. The number of benzene rings is 3. The minimum absolute atomic E-state index is 0.0380. The van der Waals surface area contributed by atoms with Gasteiger partial charge in [-0.15, -0.1) is 0 Å². The zero-order valence-corrected chi connectivity index (χ0v) is 19.9. The summed E-state index contributed by atoms with van der Waals surface area (Å²) in [6.07, 6.45) is -3.47. The summed E-state index contributed by atoms with van der Waals surface area (Å²) in [5, 5.41) is 0.264. The zero-order valence-electron chi connectivity index (χ0n) is 19.1. The molecular weight excluding hydrogens is 500 g/mol. The molecule has 0 aliphatic heterocycles. The number of alkyl halides is 3. The molecule has 0 saturated carbocycles. The molecule has 4 rings (SSSR count). The Kier molecular flexibility index (Phi) is 6.29. The van der Waals surface area contributed by atoms with Gasteiger partial charge in [0.15, 0.2) is 0 Å². The Morgan fingerprint density at radius 2 is 1.64 bits per heavy atom. The molecule has 1 heterocycles. The van der Waals surface area contributed by atoms with Crippen LogP contribution in [-0.2, 0) is 22.6 Å².